The van der Waals surface area contributed by atoms with E-state index in [2.05, 4.69) is 20.9 Å². The fourth-order valence-corrected chi connectivity index (χ4v) is 10.7. The van der Waals surface area contributed by atoms with Gasteiger partial charge in [-0.05, 0) is 74.8 Å². The number of thiazole rings is 1. The third kappa shape index (κ3) is 10.0. The number of methoxy groups -OCH3 is 1. The van der Waals surface area contributed by atoms with E-state index in [1.54, 1.807) is 12.1 Å². The first kappa shape index (κ1) is 46.1. The molecule has 5 aliphatic rings. The van der Waals surface area contributed by atoms with Crippen LogP contribution in [0.2, 0.25) is 5.02 Å². The van der Waals surface area contributed by atoms with Crippen molar-refractivity contribution in [3.05, 3.63) is 28.6 Å². The van der Waals surface area contributed by atoms with Gasteiger partial charge in [-0.2, -0.15) is 0 Å². The predicted octanol–water partition coefficient (Wildman–Crippen LogP) is 6.29. The molecule has 3 aliphatic carbocycles. The summed E-state index contributed by atoms with van der Waals surface area (Å²) in [7, 11) is 1.30. The zero-order valence-corrected chi connectivity index (χ0v) is 39.4. The van der Waals surface area contributed by atoms with E-state index in [0.717, 1.165) is 31.1 Å². The molecular formula is C46H62ClN7O9S. The molecule has 0 radical (unpaired) electrons. The first-order valence-corrected chi connectivity index (χ1v) is 24.0. The summed E-state index contributed by atoms with van der Waals surface area (Å²) in [5.41, 5.74) is -0.389. The van der Waals surface area contributed by atoms with Gasteiger partial charge in [0, 0.05) is 48.9 Å². The molecule has 2 unspecified atom stereocenters. The molecule has 3 N–H and O–H groups in total. The number of alkyl carbamates (subject to hydrolysis) is 1. The summed E-state index contributed by atoms with van der Waals surface area (Å²) in [5, 5.41) is 12.8. The van der Waals surface area contributed by atoms with Crippen LogP contribution in [0.3, 0.4) is 0 Å². The molecular weight excluding hydrogens is 862 g/mol. The van der Waals surface area contributed by atoms with E-state index in [9.17, 15) is 19.2 Å². The van der Waals surface area contributed by atoms with Crippen LogP contribution in [-0.4, -0.2) is 133 Å². The SMILES string of the molecule is CC[C@@H]1C[C@]1(NC(=O)[C@@H]1C[C@@H](Oc2cc(-c3csc(NC(C)C)n3)nc3c(Cl)c(OCCN4CCOCC4)ccc23)CN1C(=O)C(NC(=O)OC1C[C@@H]2C[C@@H]2C1)C(C)(C)C)C(=O)OC. The fourth-order valence-electron chi connectivity index (χ4n) is 9.55. The zero-order valence-electron chi connectivity index (χ0n) is 37.9. The Morgan fingerprint density at radius 2 is 1.77 bits per heavy atom. The predicted molar refractivity (Wildman–Crippen MR) is 243 cm³/mol. The molecule has 2 aliphatic heterocycles. The van der Waals surface area contributed by atoms with Crippen LogP contribution < -0.4 is 25.4 Å². The van der Waals surface area contributed by atoms with Crippen molar-refractivity contribution < 1.29 is 42.9 Å². The standard InChI is InChI=1S/C46H62ClN7O9S/c1-8-28-22-46(28,42(57)59-7)52-40(55)34-20-30(23-54(34)41(56)39(45(4,5)6)51-44(58)63-29-18-26-17-27(26)19-29)62-36-21-32(33-24-64-43(50-33)48-25(2)3)49-38-31(36)9-10-35(37(38)47)61-16-13-53-11-14-60-15-12-53/h9-10,21,24-30,34,39H,8,11-20,22-23H2,1-7H3,(H,48,50)(H,51,58)(H,52,55)/t26-,27+,28-,29?,30-,34+,39?,46-/m1/s1. The van der Waals surface area contributed by atoms with Crippen LogP contribution in [0.15, 0.2) is 23.6 Å². The molecule has 4 heterocycles. The Balaban J connectivity index is 1.09. The minimum atomic E-state index is -1.19. The Bertz CT molecular complexity index is 2220. The summed E-state index contributed by atoms with van der Waals surface area (Å²) >= 11 is 8.58. The van der Waals surface area contributed by atoms with E-state index in [1.807, 2.05) is 53.0 Å². The third-order valence-electron chi connectivity index (χ3n) is 13.3. The number of esters is 1. The van der Waals surface area contributed by atoms with Gasteiger partial charge in [-0.3, -0.25) is 14.5 Å². The second kappa shape index (κ2) is 18.8. The molecule has 3 amide bonds. The molecule has 1 aromatic carbocycles. The van der Waals surface area contributed by atoms with Crippen molar-refractivity contribution in [2.45, 2.75) is 116 Å². The van der Waals surface area contributed by atoms with Crippen LogP contribution in [0.4, 0.5) is 9.93 Å². The van der Waals surface area contributed by atoms with Crippen LogP contribution in [0.25, 0.3) is 22.3 Å². The topological polar surface area (TPSA) is 183 Å². The maximum absolute atomic E-state index is 14.9. The number of rotatable bonds is 16. The first-order valence-electron chi connectivity index (χ1n) is 22.7. The van der Waals surface area contributed by atoms with E-state index in [4.69, 9.17) is 45.3 Å². The van der Waals surface area contributed by atoms with Gasteiger partial charge >= 0.3 is 12.1 Å². The lowest BCUT2D eigenvalue weighted by atomic mass is 9.85. The van der Waals surface area contributed by atoms with Gasteiger partial charge < -0.3 is 44.5 Å². The van der Waals surface area contributed by atoms with Gasteiger partial charge in [0.2, 0.25) is 11.8 Å². The Labute approximate surface area is 383 Å². The van der Waals surface area contributed by atoms with Crippen molar-refractivity contribution in [2.75, 3.05) is 58.4 Å². The van der Waals surface area contributed by atoms with Crippen LogP contribution in [0, 0.1) is 23.2 Å². The largest absolute Gasteiger partial charge is 0.491 e. The number of morpholine rings is 1. The summed E-state index contributed by atoms with van der Waals surface area (Å²) in [5.74, 6) is 0.517. The molecule has 5 fully saturated rings. The summed E-state index contributed by atoms with van der Waals surface area (Å²) in [6.45, 7) is 15.8. The van der Waals surface area contributed by atoms with Crippen molar-refractivity contribution in [3.8, 4) is 22.9 Å². The lowest BCUT2D eigenvalue weighted by molar-refractivity contribution is -0.148. The van der Waals surface area contributed by atoms with Gasteiger partial charge in [0.05, 0.1) is 38.1 Å². The molecule has 2 saturated heterocycles. The van der Waals surface area contributed by atoms with E-state index in [-0.39, 0.29) is 31.0 Å². The van der Waals surface area contributed by atoms with Crippen LogP contribution >= 0.6 is 22.9 Å². The van der Waals surface area contributed by atoms with E-state index in [0.29, 0.717) is 89.9 Å². The number of nitrogens with one attached hydrogen (secondary N) is 3. The highest BCUT2D eigenvalue weighted by Gasteiger charge is 2.62. The molecule has 16 nitrogen and oxygen atoms in total. The van der Waals surface area contributed by atoms with E-state index >= 15 is 0 Å². The van der Waals surface area contributed by atoms with Crippen molar-refractivity contribution in [1.29, 1.82) is 0 Å². The lowest BCUT2D eigenvalue weighted by Crippen LogP contribution is -2.59. The number of carbonyl (C=O) groups is 4. The van der Waals surface area contributed by atoms with Gasteiger partial charge in [-0.1, -0.05) is 45.7 Å². The number of hydrogen-bond donors (Lipinski definition) is 3. The quantitative estimate of drug-likeness (QED) is 0.137. The maximum Gasteiger partial charge on any atom is 0.408 e. The van der Waals surface area contributed by atoms with Gasteiger partial charge in [-0.15, -0.1) is 11.3 Å². The number of amides is 3. The molecule has 8 atom stereocenters. The molecule has 64 heavy (non-hydrogen) atoms. The molecule has 0 spiro atoms. The van der Waals surface area contributed by atoms with Crippen molar-refractivity contribution in [3.63, 3.8) is 0 Å². The van der Waals surface area contributed by atoms with Gasteiger partial charge in [0.1, 0.15) is 58.7 Å². The molecule has 2 aromatic heterocycles. The maximum atomic E-state index is 14.9. The van der Waals surface area contributed by atoms with Crippen molar-refractivity contribution in [2.24, 2.45) is 23.2 Å². The third-order valence-corrected chi connectivity index (χ3v) is 14.4. The Morgan fingerprint density at radius 1 is 1.02 bits per heavy atom. The number of pyridine rings is 1. The average molecular weight is 925 g/mol. The van der Waals surface area contributed by atoms with Gasteiger partial charge in [0.25, 0.3) is 0 Å². The summed E-state index contributed by atoms with van der Waals surface area (Å²) in [4.78, 5) is 69.5. The number of halogens is 1. The highest BCUT2D eigenvalue weighted by Crippen LogP contribution is 2.52. The highest BCUT2D eigenvalue weighted by molar-refractivity contribution is 7.14. The monoisotopic (exact) mass is 923 g/mol. The van der Waals surface area contributed by atoms with Crippen LogP contribution in [0.5, 0.6) is 11.5 Å². The number of fused-ring (bicyclic) bond motifs is 2. The second-order valence-electron chi connectivity index (χ2n) is 19.4. The first-order chi connectivity index (χ1) is 30.6. The molecule has 348 valence electrons. The summed E-state index contributed by atoms with van der Waals surface area (Å²) in [6.07, 6.45) is 2.47. The minimum Gasteiger partial charge on any atom is -0.491 e. The van der Waals surface area contributed by atoms with Crippen LogP contribution in [0.1, 0.15) is 80.1 Å². The van der Waals surface area contributed by atoms with E-state index < -0.39 is 53.0 Å². The number of aromatic nitrogens is 2. The minimum absolute atomic E-state index is 0.00339. The molecule has 8 rings (SSSR count). The fraction of sp³-hybridized carbons (Fsp3) is 0.652. The molecule has 0 bridgehead atoms. The molecule has 3 aromatic rings. The van der Waals surface area contributed by atoms with Gasteiger partial charge in [-0.25, -0.2) is 19.6 Å². The van der Waals surface area contributed by atoms with Crippen molar-refractivity contribution >= 4 is 62.8 Å². The average Bonchev–Trinajstić information content (AvgIpc) is 3.92. The number of benzene rings is 1. The summed E-state index contributed by atoms with van der Waals surface area (Å²) < 4.78 is 29.6. The van der Waals surface area contributed by atoms with E-state index in [1.165, 1.54) is 29.8 Å². The number of anilines is 1. The highest BCUT2D eigenvalue weighted by atomic mass is 35.5. The second-order valence-corrected chi connectivity index (χ2v) is 20.6. The smallest absolute Gasteiger partial charge is 0.408 e. The number of likely N-dealkylation sites (tertiary alicyclic amines) is 1. The number of nitrogens with zero attached hydrogens (tertiary/aromatic N) is 4. The lowest BCUT2D eigenvalue weighted by Gasteiger charge is -2.35. The molecule has 18 heteroatoms. The Morgan fingerprint density at radius 3 is 2.44 bits per heavy atom. The normalized spacial score (nSPS) is 26.9. The van der Waals surface area contributed by atoms with Crippen LogP contribution in [-0.2, 0) is 28.6 Å². The number of ether oxygens (including phenoxy) is 5. The number of carbonyl (C=O) groups excluding carboxylic acids is 4. The Hall–Kier alpha value is -4.45. The summed E-state index contributed by atoms with van der Waals surface area (Å²) in [6, 6.07) is 3.52. The van der Waals surface area contributed by atoms with Crippen molar-refractivity contribution in [1.82, 2.24) is 30.4 Å². The Kier molecular flexibility index (Phi) is 13.5. The zero-order chi connectivity index (χ0) is 45.5. The number of hydrogen-bond acceptors (Lipinski definition) is 14. The molecule has 3 saturated carbocycles. The van der Waals surface area contributed by atoms with Gasteiger partial charge in [0.15, 0.2) is 5.13 Å².